The normalized spacial score (nSPS) is 9.83. The predicted molar refractivity (Wildman–Crippen MR) is 40.8 cm³/mol. The van der Waals surface area contributed by atoms with Crippen molar-refractivity contribution in [2.45, 2.75) is 6.42 Å². The Morgan fingerprint density at radius 2 is 1.92 bits per heavy atom. The van der Waals surface area contributed by atoms with Gasteiger partial charge in [-0.3, -0.25) is 0 Å². The van der Waals surface area contributed by atoms with Gasteiger partial charge in [-0.2, -0.15) is 0 Å². The third kappa shape index (κ3) is 2.64. The SMILES string of the molecule is O=C([O-])Cc1nc(Cl)cc(Cl)n1. The molecule has 1 aromatic heterocycles. The summed E-state index contributed by atoms with van der Waals surface area (Å²) in [5.41, 5.74) is 0. The van der Waals surface area contributed by atoms with E-state index in [0.717, 1.165) is 0 Å². The van der Waals surface area contributed by atoms with E-state index in [1.807, 2.05) is 0 Å². The molecule has 0 unspecified atom stereocenters. The van der Waals surface area contributed by atoms with Crippen LogP contribution in [0.1, 0.15) is 5.82 Å². The quantitative estimate of drug-likeness (QED) is 0.642. The van der Waals surface area contributed by atoms with Crippen molar-refractivity contribution < 1.29 is 9.90 Å². The van der Waals surface area contributed by atoms with E-state index in [1.165, 1.54) is 6.07 Å². The van der Waals surface area contributed by atoms with E-state index in [0.29, 0.717) is 0 Å². The minimum Gasteiger partial charge on any atom is -0.550 e. The summed E-state index contributed by atoms with van der Waals surface area (Å²) in [6.07, 6.45) is -0.389. The fourth-order valence-corrected chi connectivity index (χ4v) is 1.10. The van der Waals surface area contributed by atoms with Crippen LogP contribution in [0.5, 0.6) is 0 Å². The molecule has 0 spiro atoms. The highest BCUT2D eigenvalue weighted by Gasteiger charge is 2.01. The molecule has 0 saturated carbocycles. The Balaban J connectivity index is 2.93. The van der Waals surface area contributed by atoms with Gasteiger partial charge in [0, 0.05) is 18.5 Å². The minimum atomic E-state index is -1.27. The highest BCUT2D eigenvalue weighted by atomic mass is 35.5. The van der Waals surface area contributed by atoms with Crippen molar-refractivity contribution in [2.75, 3.05) is 0 Å². The van der Waals surface area contributed by atoms with Gasteiger partial charge in [-0.15, -0.1) is 0 Å². The molecule has 0 radical (unpaired) electrons. The highest BCUT2D eigenvalue weighted by molar-refractivity contribution is 6.33. The number of carboxylic acids is 1. The molecule has 0 aromatic carbocycles. The summed E-state index contributed by atoms with van der Waals surface area (Å²) < 4.78 is 0. The van der Waals surface area contributed by atoms with Crippen molar-refractivity contribution >= 4 is 29.2 Å². The molecule has 1 heterocycles. The molecular weight excluding hydrogens is 203 g/mol. The third-order valence-corrected chi connectivity index (χ3v) is 1.40. The molecule has 0 atom stereocenters. The van der Waals surface area contributed by atoms with Crippen molar-refractivity contribution in [1.82, 2.24) is 9.97 Å². The lowest BCUT2D eigenvalue weighted by molar-refractivity contribution is -0.304. The maximum absolute atomic E-state index is 10.1. The average molecular weight is 206 g/mol. The first-order chi connectivity index (χ1) is 5.58. The van der Waals surface area contributed by atoms with Gasteiger partial charge in [-0.1, -0.05) is 23.2 Å². The van der Waals surface area contributed by atoms with Crippen LogP contribution >= 0.6 is 23.2 Å². The molecule has 1 rings (SSSR count). The van der Waals surface area contributed by atoms with E-state index in [-0.39, 0.29) is 22.6 Å². The van der Waals surface area contributed by atoms with E-state index in [2.05, 4.69) is 9.97 Å². The van der Waals surface area contributed by atoms with Gasteiger partial charge in [0.2, 0.25) is 0 Å². The number of hydrogen-bond donors (Lipinski definition) is 0. The Morgan fingerprint density at radius 3 is 2.33 bits per heavy atom. The second-order valence-corrected chi connectivity index (χ2v) is 2.75. The molecule has 0 aliphatic heterocycles. The summed E-state index contributed by atoms with van der Waals surface area (Å²) in [4.78, 5) is 17.4. The average Bonchev–Trinajstić information content (AvgIpc) is 1.81. The van der Waals surface area contributed by atoms with Gasteiger partial charge in [0.05, 0.1) is 0 Å². The largest absolute Gasteiger partial charge is 0.550 e. The summed E-state index contributed by atoms with van der Waals surface area (Å²) in [5, 5.41) is 10.3. The van der Waals surface area contributed by atoms with Gasteiger partial charge in [0.15, 0.2) is 0 Å². The minimum absolute atomic E-state index is 0.0486. The highest BCUT2D eigenvalue weighted by Crippen LogP contribution is 2.11. The van der Waals surface area contributed by atoms with E-state index in [4.69, 9.17) is 23.2 Å². The number of carbonyl (C=O) groups excluding carboxylic acids is 1. The Morgan fingerprint density at radius 1 is 1.42 bits per heavy atom. The second kappa shape index (κ2) is 3.69. The molecular formula is C6H3Cl2N2O2-. The van der Waals surface area contributed by atoms with Crippen LogP contribution in [0.15, 0.2) is 6.07 Å². The fourth-order valence-electron chi connectivity index (χ4n) is 0.643. The van der Waals surface area contributed by atoms with Crippen LogP contribution in [-0.4, -0.2) is 15.9 Å². The Hall–Kier alpha value is -0.870. The maximum atomic E-state index is 10.1. The van der Waals surface area contributed by atoms with Crippen molar-refractivity contribution in [2.24, 2.45) is 0 Å². The molecule has 12 heavy (non-hydrogen) atoms. The number of halogens is 2. The first-order valence-electron chi connectivity index (χ1n) is 2.97. The lowest BCUT2D eigenvalue weighted by Gasteiger charge is -2.00. The number of aliphatic carboxylic acids is 1. The van der Waals surface area contributed by atoms with Crippen molar-refractivity contribution in [3.05, 3.63) is 22.2 Å². The van der Waals surface area contributed by atoms with Gasteiger partial charge >= 0.3 is 0 Å². The Bertz CT molecular complexity index is 296. The molecule has 0 N–H and O–H groups in total. The predicted octanol–water partition coefficient (Wildman–Crippen LogP) is 0.0758. The lowest BCUT2D eigenvalue weighted by Crippen LogP contribution is -2.25. The molecule has 0 saturated heterocycles. The number of rotatable bonds is 2. The Labute approximate surface area is 78.2 Å². The Kier molecular flexibility index (Phi) is 2.83. The maximum Gasteiger partial charge on any atom is 0.137 e. The molecule has 64 valence electrons. The summed E-state index contributed by atoms with van der Waals surface area (Å²) in [6, 6.07) is 1.32. The molecule has 0 fully saturated rings. The number of carboxylic acid groups (broad SMARTS) is 1. The summed E-state index contributed by atoms with van der Waals surface area (Å²) >= 11 is 11.0. The van der Waals surface area contributed by atoms with Gasteiger partial charge in [0.1, 0.15) is 16.1 Å². The van der Waals surface area contributed by atoms with Crippen molar-refractivity contribution in [1.29, 1.82) is 0 Å². The van der Waals surface area contributed by atoms with E-state index >= 15 is 0 Å². The van der Waals surface area contributed by atoms with Gasteiger partial charge in [-0.05, 0) is 0 Å². The molecule has 0 aliphatic rings. The monoisotopic (exact) mass is 205 g/mol. The number of hydrogen-bond acceptors (Lipinski definition) is 4. The molecule has 0 amide bonds. The van der Waals surface area contributed by atoms with E-state index in [1.54, 1.807) is 0 Å². The smallest absolute Gasteiger partial charge is 0.137 e. The van der Waals surface area contributed by atoms with Gasteiger partial charge in [0.25, 0.3) is 0 Å². The molecule has 0 aliphatic carbocycles. The first-order valence-corrected chi connectivity index (χ1v) is 3.72. The van der Waals surface area contributed by atoms with Crippen LogP contribution in [0.25, 0.3) is 0 Å². The number of carbonyl (C=O) groups is 1. The zero-order valence-corrected chi connectivity index (χ0v) is 7.26. The molecule has 1 aromatic rings. The fraction of sp³-hybridized carbons (Fsp3) is 0.167. The molecule has 0 bridgehead atoms. The van der Waals surface area contributed by atoms with Crippen LogP contribution in [0.4, 0.5) is 0 Å². The summed E-state index contributed by atoms with van der Waals surface area (Å²) in [7, 11) is 0. The molecule has 4 nitrogen and oxygen atoms in total. The van der Waals surface area contributed by atoms with E-state index in [9.17, 15) is 9.90 Å². The van der Waals surface area contributed by atoms with Crippen molar-refractivity contribution in [3.63, 3.8) is 0 Å². The lowest BCUT2D eigenvalue weighted by atomic mass is 10.4. The van der Waals surface area contributed by atoms with Crippen LogP contribution in [0, 0.1) is 0 Å². The molecule has 6 heteroatoms. The second-order valence-electron chi connectivity index (χ2n) is 1.98. The van der Waals surface area contributed by atoms with Crippen LogP contribution in [-0.2, 0) is 11.2 Å². The zero-order valence-electron chi connectivity index (χ0n) is 5.75. The number of nitrogens with zero attached hydrogens (tertiary/aromatic N) is 2. The standard InChI is InChI=1S/C6H4Cl2N2O2/c7-3-1-4(8)10-5(9-3)2-6(11)12/h1H,2H2,(H,11,12)/p-1. The van der Waals surface area contributed by atoms with Gasteiger partial charge < -0.3 is 9.90 Å². The summed E-state index contributed by atoms with van der Waals surface area (Å²) in [6.45, 7) is 0. The van der Waals surface area contributed by atoms with E-state index < -0.39 is 5.97 Å². The first kappa shape index (κ1) is 9.22. The van der Waals surface area contributed by atoms with Crippen molar-refractivity contribution in [3.8, 4) is 0 Å². The summed E-state index contributed by atoms with van der Waals surface area (Å²) in [5.74, 6) is -1.22. The third-order valence-electron chi connectivity index (χ3n) is 1.01. The van der Waals surface area contributed by atoms with Gasteiger partial charge in [-0.25, -0.2) is 9.97 Å². The topological polar surface area (TPSA) is 65.9 Å². The van der Waals surface area contributed by atoms with Crippen LogP contribution in [0.2, 0.25) is 10.3 Å². The zero-order chi connectivity index (χ0) is 9.14. The number of aromatic nitrogens is 2. The van der Waals surface area contributed by atoms with Crippen LogP contribution < -0.4 is 5.11 Å². The van der Waals surface area contributed by atoms with Crippen LogP contribution in [0.3, 0.4) is 0 Å².